The molecule has 6 heteroatoms. The third-order valence-electron chi connectivity index (χ3n) is 2.96. The Morgan fingerprint density at radius 2 is 2.14 bits per heavy atom. The van der Waals surface area contributed by atoms with Crippen LogP contribution < -0.4 is 4.74 Å². The second-order valence-corrected chi connectivity index (χ2v) is 4.78. The van der Waals surface area contributed by atoms with Gasteiger partial charge in [-0.3, -0.25) is 4.98 Å². The number of nitrogens with zero attached hydrogens (tertiary/aromatic N) is 1. The molecular weight excluding hydrogens is 294 g/mol. The molecule has 0 unspecified atom stereocenters. The molecule has 0 amide bonds. The first-order valence-electron chi connectivity index (χ1n) is 6.12. The number of hydrogen-bond acceptors (Lipinski definition) is 4. The van der Waals surface area contributed by atoms with Crippen LogP contribution in [0, 0.1) is 0 Å². The zero-order valence-corrected chi connectivity index (χ0v) is 11.5. The summed E-state index contributed by atoms with van der Waals surface area (Å²) in [5.74, 6) is -0.788. The molecule has 0 aliphatic carbocycles. The highest BCUT2D eigenvalue weighted by atomic mass is 35.5. The van der Waals surface area contributed by atoms with Crippen LogP contribution in [0.5, 0.6) is 5.75 Å². The average Bonchev–Trinajstić information content (AvgIpc) is 2.84. The fraction of sp³-hybridized carbons (Fsp3) is 0.0667. The number of aromatic carboxylic acids is 1. The van der Waals surface area contributed by atoms with Gasteiger partial charge in [-0.05, 0) is 6.07 Å². The van der Waals surface area contributed by atoms with Gasteiger partial charge in [0.05, 0.1) is 16.8 Å². The van der Waals surface area contributed by atoms with Crippen molar-refractivity contribution < 1.29 is 19.1 Å². The van der Waals surface area contributed by atoms with Crippen LogP contribution in [0.2, 0.25) is 5.02 Å². The summed E-state index contributed by atoms with van der Waals surface area (Å²) in [7, 11) is 0. The lowest BCUT2D eigenvalue weighted by atomic mass is 10.1. The quantitative estimate of drug-likeness (QED) is 0.794. The second-order valence-electron chi connectivity index (χ2n) is 4.34. The molecule has 0 spiro atoms. The normalized spacial score (nSPS) is 10.7. The predicted molar refractivity (Wildman–Crippen MR) is 76.8 cm³/mol. The van der Waals surface area contributed by atoms with E-state index in [2.05, 4.69) is 4.98 Å². The largest absolute Gasteiger partial charge is 0.487 e. The van der Waals surface area contributed by atoms with Crippen molar-refractivity contribution >= 4 is 28.5 Å². The predicted octanol–water partition coefficient (Wildman–Crippen LogP) is 3.76. The van der Waals surface area contributed by atoms with Gasteiger partial charge in [0.1, 0.15) is 17.9 Å². The molecule has 0 saturated heterocycles. The molecule has 2 heterocycles. The van der Waals surface area contributed by atoms with Gasteiger partial charge in [0.15, 0.2) is 0 Å². The lowest BCUT2D eigenvalue weighted by Gasteiger charge is -2.05. The minimum atomic E-state index is -1.13. The highest BCUT2D eigenvalue weighted by molar-refractivity contribution is 6.30. The SMILES string of the molecule is O=C(O)c1oc2ccccc2c1COc1cncc(Cl)c1. The Morgan fingerprint density at radius 1 is 1.33 bits per heavy atom. The van der Waals surface area contributed by atoms with E-state index in [1.807, 2.05) is 6.07 Å². The molecule has 1 aromatic carbocycles. The first-order valence-corrected chi connectivity index (χ1v) is 6.50. The van der Waals surface area contributed by atoms with E-state index in [1.165, 1.54) is 12.4 Å². The molecule has 0 atom stereocenters. The van der Waals surface area contributed by atoms with Gasteiger partial charge in [-0.1, -0.05) is 29.8 Å². The Hall–Kier alpha value is -2.53. The van der Waals surface area contributed by atoms with Crippen LogP contribution in [-0.2, 0) is 6.61 Å². The van der Waals surface area contributed by atoms with Crippen molar-refractivity contribution in [3.63, 3.8) is 0 Å². The Morgan fingerprint density at radius 3 is 2.90 bits per heavy atom. The van der Waals surface area contributed by atoms with Crippen molar-refractivity contribution in [2.24, 2.45) is 0 Å². The summed E-state index contributed by atoms with van der Waals surface area (Å²) in [6.45, 7) is 0.0562. The van der Waals surface area contributed by atoms with Crippen molar-refractivity contribution in [2.45, 2.75) is 6.61 Å². The first kappa shape index (κ1) is 13.5. The van der Waals surface area contributed by atoms with E-state index in [0.29, 0.717) is 27.3 Å². The summed E-state index contributed by atoms with van der Waals surface area (Å²) in [6.07, 6.45) is 3.00. The van der Waals surface area contributed by atoms with Crippen LogP contribution in [0.4, 0.5) is 0 Å². The molecule has 3 aromatic rings. The minimum Gasteiger partial charge on any atom is -0.487 e. The van der Waals surface area contributed by atoms with E-state index < -0.39 is 5.97 Å². The fourth-order valence-corrected chi connectivity index (χ4v) is 2.21. The molecule has 0 aliphatic heterocycles. The molecule has 0 saturated carbocycles. The van der Waals surface area contributed by atoms with Gasteiger partial charge < -0.3 is 14.3 Å². The Bertz CT molecular complexity index is 812. The topological polar surface area (TPSA) is 72.6 Å². The van der Waals surface area contributed by atoms with Crippen LogP contribution in [0.3, 0.4) is 0 Å². The number of fused-ring (bicyclic) bond motifs is 1. The molecule has 21 heavy (non-hydrogen) atoms. The molecular formula is C15H10ClNO4. The number of aromatic nitrogens is 1. The van der Waals surface area contributed by atoms with Crippen molar-refractivity contribution in [3.8, 4) is 5.75 Å². The van der Waals surface area contributed by atoms with Gasteiger partial charge >= 0.3 is 5.97 Å². The maximum atomic E-state index is 11.3. The summed E-state index contributed by atoms with van der Waals surface area (Å²) >= 11 is 5.83. The van der Waals surface area contributed by atoms with E-state index >= 15 is 0 Å². The molecule has 5 nitrogen and oxygen atoms in total. The summed E-state index contributed by atoms with van der Waals surface area (Å²) in [5.41, 5.74) is 0.996. The number of rotatable bonds is 4. The average molecular weight is 304 g/mol. The van der Waals surface area contributed by atoms with Crippen molar-refractivity contribution in [1.29, 1.82) is 0 Å². The number of furan rings is 1. The minimum absolute atomic E-state index is 0.0562. The van der Waals surface area contributed by atoms with E-state index in [4.69, 9.17) is 20.8 Å². The maximum Gasteiger partial charge on any atom is 0.372 e. The van der Waals surface area contributed by atoms with Gasteiger partial charge in [-0.15, -0.1) is 0 Å². The highest BCUT2D eigenvalue weighted by Gasteiger charge is 2.20. The Labute approximate surface area is 124 Å². The molecule has 0 fully saturated rings. The van der Waals surface area contributed by atoms with Crippen molar-refractivity contribution in [2.75, 3.05) is 0 Å². The van der Waals surface area contributed by atoms with E-state index in [-0.39, 0.29) is 12.4 Å². The monoisotopic (exact) mass is 303 g/mol. The summed E-state index contributed by atoms with van der Waals surface area (Å²) < 4.78 is 10.9. The molecule has 2 aromatic heterocycles. The van der Waals surface area contributed by atoms with Crippen molar-refractivity contribution in [3.05, 3.63) is 59.1 Å². The van der Waals surface area contributed by atoms with E-state index in [0.717, 1.165) is 0 Å². The number of carbonyl (C=O) groups is 1. The highest BCUT2D eigenvalue weighted by Crippen LogP contribution is 2.27. The van der Waals surface area contributed by atoms with Crippen LogP contribution in [0.25, 0.3) is 11.0 Å². The molecule has 3 rings (SSSR count). The van der Waals surface area contributed by atoms with E-state index in [1.54, 1.807) is 24.3 Å². The smallest absolute Gasteiger partial charge is 0.372 e. The van der Waals surface area contributed by atoms with Gasteiger partial charge in [-0.2, -0.15) is 0 Å². The van der Waals surface area contributed by atoms with Crippen LogP contribution in [-0.4, -0.2) is 16.1 Å². The van der Waals surface area contributed by atoms with E-state index in [9.17, 15) is 9.90 Å². The lowest BCUT2D eigenvalue weighted by Crippen LogP contribution is -2.03. The molecule has 1 N–H and O–H groups in total. The van der Waals surface area contributed by atoms with Gasteiger partial charge in [0.2, 0.25) is 5.76 Å². The first-order chi connectivity index (χ1) is 10.1. The summed E-state index contributed by atoms with van der Waals surface area (Å²) in [5, 5.41) is 10.4. The molecule has 0 radical (unpaired) electrons. The lowest BCUT2D eigenvalue weighted by molar-refractivity contribution is 0.0661. The Balaban J connectivity index is 1.95. The summed E-state index contributed by atoms with van der Waals surface area (Å²) in [6, 6.07) is 8.71. The zero-order valence-electron chi connectivity index (χ0n) is 10.7. The van der Waals surface area contributed by atoms with Gasteiger partial charge in [0, 0.05) is 17.6 Å². The number of pyridine rings is 1. The molecule has 106 valence electrons. The summed E-state index contributed by atoms with van der Waals surface area (Å²) in [4.78, 5) is 15.2. The zero-order chi connectivity index (χ0) is 14.8. The van der Waals surface area contributed by atoms with Crippen LogP contribution in [0.15, 0.2) is 47.1 Å². The van der Waals surface area contributed by atoms with Gasteiger partial charge in [-0.25, -0.2) is 4.79 Å². The third kappa shape index (κ3) is 2.68. The number of para-hydroxylation sites is 1. The van der Waals surface area contributed by atoms with Gasteiger partial charge in [0.25, 0.3) is 0 Å². The number of hydrogen-bond donors (Lipinski definition) is 1. The molecule has 0 bridgehead atoms. The second kappa shape index (κ2) is 5.46. The van der Waals surface area contributed by atoms with Crippen LogP contribution >= 0.6 is 11.6 Å². The number of ether oxygens (including phenoxy) is 1. The van der Waals surface area contributed by atoms with Crippen molar-refractivity contribution in [1.82, 2.24) is 4.98 Å². The van der Waals surface area contributed by atoms with Crippen LogP contribution in [0.1, 0.15) is 16.1 Å². The number of benzene rings is 1. The number of carboxylic acid groups (broad SMARTS) is 1. The Kier molecular flexibility index (Phi) is 3.50. The fourth-order valence-electron chi connectivity index (χ4n) is 2.04. The standard InChI is InChI=1S/C15H10ClNO4/c16-9-5-10(7-17-6-9)20-8-12-11-3-1-2-4-13(11)21-14(12)15(18)19/h1-7H,8H2,(H,18,19). The maximum absolute atomic E-state index is 11.3. The third-order valence-corrected chi connectivity index (χ3v) is 3.16. The molecule has 0 aliphatic rings. The number of halogens is 1. The number of carboxylic acids is 1.